The second kappa shape index (κ2) is 11.6. The fourth-order valence-electron chi connectivity index (χ4n) is 7.73. The van der Waals surface area contributed by atoms with Crippen LogP contribution in [0.15, 0.2) is 168 Å². The number of fused-ring (bicyclic) bond motifs is 6. The van der Waals surface area contributed by atoms with Crippen LogP contribution in [0.3, 0.4) is 0 Å². The molecule has 0 amide bonds. The van der Waals surface area contributed by atoms with E-state index in [0.29, 0.717) is 5.71 Å². The number of aromatic nitrogens is 1. The molecule has 1 aliphatic rings. The van der Waals surface area contributed by atoms with Crippen LogP contribution in [-0.2, 0) is 6.42 Å². The number of anilines is 3. The molecule has 0 unspecified atom stereocenters. The topological polar surface area (TPSA) is 29.3 Å². The zero-order chi connectivity index (χ0) is 33.0. The first-order valence-electron chi connectivity index (χ1n) is 17.3. The summed E-state index contributed by atoms with van der Waals surface area (Å²) in [7, 11) is 0. The molecule has 1 aliphatic carbocycles. The highest BCUT2D eigenvalue weighted by molar-refractivity contribution is 6.13. The Morgan fingerprint density at radius 3 is 2.00 bits per heavy atom. The van der Waals surface area contributed by atoms with Crippen LogP contribution in [0.1, 0.15) is 17.7 Å². The largest absolute Gasteiger partial charge is 0.438 e. The summed E-state index contributed by atoms with van der Waals surface area (Å²) in [6.07, 6.45) is 6.38. The average Bonchev–Trinajstić information content (AvgIpc) is 3.55. The number of furan rings is 1. The van der Waals surface area contributed by atoms with Gasteiger partial charge in [0.2, 0.25) is 5.71 Å². The van der Waals surface area contributed by atoms with Gasteiger partial charge in [-0.15, -0.1) is 0 Å². The zero-order valence-electron chi connectivity index (χ0n) is 27.4. The van der Waals surface area contributed by atoms with Crippen LogP contribution in [0.4, 0.5) is 17.1 Å². The Morgan fingerprint density at radius 1 is 0.540 bits per heavy atom. The van der Waals surface area contributed by atoms with Gasteiger partial charge in [0.25, 0.3) is 0 Å². The molecule has 3 nitrogen and oxygen atoms in total. The summed E-state index contributed by atoms with van der Waals surface area (Å²) in [5.74, 6) is 0. The minimum atomic E-state index is 0.692. The van der Waals surface area contributed by atoms with Crippen molar-refractivity contribution < 1.29 is 4.42 Å². The van der Waals surface area contributed by atoms with Crippen molar-refractivity contribution in [3.63, 3.8) is 0 Å². The van der Waals surface area contributed by atoms with E-state index in [4.69, 9.17) is 9.40 Å². The molecular weight excluding hydrogens is 609 g/mol. The smallest absolute Gasteiger partial charge is 0.227 e. The molecule has 3 heteroatoms. The van der Waals surface area contributed by atoms with Gasteiger partial charge >= 0.3 is 0 Å². The fraction of sp³-hybridized carbons (Fsp3) is 0.0426. The fourth-order valence-corrected chi connectivity index (χ4v) is 7.73. The Hall–Kier alpha value is -6.45. The van der Waals surface area contributed by atoms with Crippen LogP contribution >= 0.6 is 0 Å². The standard InChI is InChI=1S/C47H32N2O/c1-4-18-38-31(11-1)14-8-20-40(38)33-25-27-36(28-26-33)49(37-17-7-16-34(29-37)41-21-9-15-32-12-2-5-19-39(32)41)44-23-10-24-45-46(44)42-30-35-13-3-6-22-43(35)48-47(42)50-45/h1-5,7-21,23-30H,6,22H2. The van der Waals surface area contributed by atoms with E-state index in [0.717, 1.165) is 52.0 Å². The van der Waals surface area contributed by atoms with Gasteiger partial charge in [-0.3, -0.25) is 0 Å². The second-order valence-corrected chi connectivity index (χ2v) is 13.1. The molecule has 0 saturated carbocycles. The number of rotatable bonds is 5. The highest BCUT2D eigenvalue weighted by Crippen LogP contribution is 2.45. The lowest BCUT2D eigenvalue weighted by Crippen LogP contribution is -2.10. The summed E-state index contributed by atoms with van der Waals surface area (Å²) < 4.78 is 6.48. The van der Waals surface area contributed by atoms with Crippen molar-refractivity contribution in [2.75, 3.05) is 4.90 Å². The third kappa shape index (κ3) is 4.70. The Kier molecular flexibility index (Phi) is 6.63. The van der Waals surface area contributed by atoms with Gasteiger partial charge in [-0.05, 0) is 105 Å². The molecule has 0 saturated heterocycles. The lowest BCUT2D eigenvalue weighted by molar-refractivity contribution is 0.650. The van der Waals surface area contributed by atoms with E-state index in [1.807, 2.05) is 0 Å². The van der Waals surface area contributed by atoms with E-state index < -0.39 is 0 Å². The van der Waals surface area contributed by atoms with Gasteiger partial charge in [0.15, 0.2) is 0 Å². The molecule has 10 rings (SSSR count). The van der Waals surface area contributed by atoms with E-state index in [-0.39, 0.29) is 0 Å². The monoisotopic (exact) mass is 640 g/mol. The Morgan fingerprint density at radius 2 is 1.22 bits per heavy atom. The minimum Gasteiger partial charge on any atom is -0.438 e. The maximum atomic E-state index is 6.48. The Bertz CT molecular complexity index is 2760. The number of hydrogen-bond donors (Lipinski definition) is 0. The number of hydrogen-bond acceptors (Lipinski definition) is 3. The first kappa shape index (κ1) is 28.6. The highest BCUT2D eigenvalue weighted by atomic mass is 16.3. The maximum Gasteiger partial charge on any atom is 0.227 e. The molecule has 0 atom stereocenters. The number of pyridine rings is 1. The molecule has 2 aromatic heterocycles. The molecule has 0 bridgehead atoms. The van der Waals surface area contributed by atoms with Crippen molar-refractivity contribution >= 4 is 66.8 Å². The summed E-state index contributed by atoms with van der Waals surface area (Å²) in [4.78, 5) is 7.38. The summed E-state index contributed by atoms with van der Waals surface area (Å²) in [6, 6.07) is 56.8. The Balaban J connectivity index is 1.19. The summed E-state index contributed by atoms with van der Waals surface area (Å²) in [5.41, 5.74) is 11.8. The molecule has 2 heterocycles. The first-order chi connectivity index (χ1) is 24.8. The molecule has 0 aliphatic heterocycles. The molecule has 7 aromatic carbocycles. The molecule has 0 radical (unpaired) electrons. The van der Waals surface area contributed by atoms with E-state index >= 15 is 0 Å². The van der Waals surface area contributed by atoms with Crippen LogP contribution in [0.2, 0.25) is 0 Å². The molecule has 0 spiro atoms. The summed E-state index contributed by atoms with van der Waals surface area (Å²) in [5, 5.41) is 7.06. The van der Waals surface area contributed by atoms with Crippen molar-refractivity contribution in [3.8, 4) is 22.3 Å². The quantitative estimate of drug-likeness (QED) is 0.187. The normalized spacial score (nSPS) is 12.6. The number of nitrogens with zero attached hydrogens (tertiary/aromatic N) is 2. The van der Waals surface area contributed by atoms with Crippen molar-refractivity contribution in [1.82, 2.24) is 4.98 Å². The SMILES string of the molecule is C1=Cc2cc3c(nc2CC1)oc1cccc(N(c2ccc(-c4cccc5ccccc45)cc2)c2cccc(-c4cccc5ccccc45)c2)c13. The van der Waals surface area contributed by atoms with Crippen molar-refractivity contribution in [1.29, 1.82) is 0 Å². The van der Waals surface area contributed by atoms with Gasteiger partial charge in [-0.25, -0.2) is 4.98 Å². The number of allylic oxidation sites excluding steroid dienone is 1. The van der Waals surface area contributed by atoms with E-state index in [1.54, 1.807) is 0 Å². The van der Waals surface area contributed by atoms with E-state index in [1.165, 1.54) is 49.4 Å². The van der Waals surface area contributed by atoms with Crippen molar-refractivity contribution in [2.45, 2.75) is 12.8 Å². The van der Waals surface area contributed by atoms with Crippen LogP contribution in [-0.4, -0.2) is 4.98 Å². The van der Waals surface area contributed by atoms with Crippen LogP contribution < -0.4 is 4.90 Å². The van der Waals surface area contributed by atoms with Gasteiger partial charge < -0.3 is 9.32 Å². The average molecular weight is 641 g/mol. The zero-order valence-corrected chi connectivity index (χ0v) is 27.4. The second-order valence-electron chi connectivity index (χ2n) is 13.1. The highest BCUT2D eigenvalue weighted by Gasteiger charge is 2.22. The molecule has 9 aromatic rings. The van der Waals surface area contributed by atoms with Crippen LogP contribution in [0.5, 0.6) is 0 Å². The molecule has 0 fully saturated rings. The molecule has 0 N–H and O–H groups in total. The van der Waals surface area contributed by atoms with E-state index in [9.17, 15) is 0 Å². The van der Waals surface area contributed by atoms with Gasteiger partial charge in [0.1, 0.15) is 5.58 Å². The van der Waals surface area contributed by atoms with Gasteiger partial charge in [0, 0.05) is 11.4 Å². The third-order valence-electron chi connectivity index (χ3n) is 10.1. The van der Waals surface area contributed by atoms with Gasteiger partial charge in [0.05, 0.1) is 22.2 Å². The maximum absolute atomic E-state index is 6.48. The molecular formula is C47H32N2O. The van der Waals surface area contributed by atoms with Crippen LogP contribution in [0.25, 0.3) is 71.9 Å². The Labute approximate surface area is 290 Å². The van der Waals surface area contributed by atoms with Crippen molar-refractivity contribution in [3.05, 3.63) is 175 Å². The molecule has 50 heavy (non-hydrogen) atoms. The lowest BCUT2D eigenvalue weighted by Gasteiger charge is -2.27. The summed E-state index contributed by atoms with van der Waals surface area (Å²) >= 11 is 0. The number of aryl methyl sites for hydroxylation is 1. The van der Waals surface area contributed by atoms with Crippen LogP contribution in [0, 0.1) is 0 Å². The third-order valence-corrected chi connectivity index (χ3v) is 10.1. The lowest BCUT2D eigenvalue weighted by atomic mass is 9.97. The molecule has 236 valence electrons. The van der Waals surface area contributed by atoms with Crippen molar-refractivity contribution in [2.24, 2.45) is 0 Å². The van der Waals surface area contributed by atoms with E-state index in [2.05, 4.69) is 175 Å². The minimum absolute atomic E-state index is 0.692. The predicted molar refractivity (Wildman–Crippen MR) is 209 cm³/mol. The first-order valence-corrected chi connectivity index (χ1v) is 17.3. The summed E-state index contributed by atoms with van der Waals surface area (Å²) in [6.45, 7) is 0. The number of benzene rings is 7. The predicted octanol–water partition coefficient (Wildman–Crippen LogP) is 13.1. The van der Waals surface area contributed by atoms with Gasteiger partial charge in [-0.1, -0.05) is 127 Å². The van der Waals surface area contributed by atoms with Gasteiger partial charge in [-0.2, -0.15) is 0 Å².